The SMILES string of the molecule is N=C1C=CC(=C2Nc3ccc(N)cc3N2)C=C1. The summed E-state index contributed by atoms with van der Waals surface area (Å²) in [5.41, 5.74) is 10.0. The second-order valence-corrected chi connectivity index (χ2v) is 4.01. The number of benzene rings is 1. The van der Waals surface area contributed by atoms with Crippen LogP contribution in [0.25, 0.3) is 0 Å². The summed E-state index contributed by atoms with van der Waals surface area (Å²) < 4.78 is 0. The van der Waals surface area contributed by atoms with Crippen molar-refractivity contribution in [2.75, 3.05) is 16.4 Å². The van der Waals surface area contributed by atoms with Crippen molar-refractivity contribution in [2.24, 2.45) is 0 Å². The lowest BCUT2D eigenvalue weighted by molar-refractivity contribution is 1.40. The quantitative estimate of drug-likeness (QED) is 0.511. The van der Waals surface area contributed by atoms with Gasteiger partial charge in [0.2, 0.25) is 0 Å². The molecule has 0 aromatic heterocycles. The van der Waals surface area contributed by atoms with Crippen LogP contribution in [-0.4, -0.2) is 5.71 Å². The zero-order chi connectivity index (χ0) is 11.8. The molecule has 1 aliphatic heterocycles. The second kappa shape index (κ2) is 3.52. The first kappa shape index (κ1) is 9.72. The van der Waals surface area contributed by atoms with E-state index in [0.717, 1.165) is 28.5 Å². The summed E-state index contributed by atoms with van der Waals surface area (Å²) in [5, 5.41) is 14.0. The molecule has 1 aromatic carbocycles. The molecule has 0 fully saturated rings. The molecule has 0 radical (unpaired) electrons. The van der Waals surface area contributed by atoms with Gasteiger partial charge in [-0.1, -0.05) is 0 Å². The number of hydrogen-bond acceptors (Lipinski definition) is 4. The molecule has 0 saturated heterocycles. The number of anilines is 3. The molecule has 0 atom stereocenters. The van der Waals surface area contributed by atoms with Crippen molar-refractivity contribution in [3.05, 3.63) is 53.9 Å². The molecule has 0 saturated carbocycles. The molecule has 17 heavy (non-hydrogen) atoms. The molecule has 2 aliphatic rings. The Morgan fingerprint density at radius 2 is 1.65 bits per heavy atom. The maximum Gasteiger partial charge on any atom is 0.115 e. The zero-order valence-corrected chi connectivity index (χ0v) is 9.12. The first-order valence-corrected chi connectivity index (χ1v) is 5.35. The summed E-state index contributed by atoms with van der Waals surface area (Å²) in [6.45, 7) is 0. The van der Waals surface area contributed by atoms with Crippen molar-refractivity contribution in [3.8, 4) is 0 Å². The Kier molecular flexibility index (Phi) is 2.01. The Morgan fingerprint density at radius 3 is 2.41 bits per heavy atom. The third kappa shape index (κ3) is 1.69. The predicted molar refractivity (Wildman–Crippen MR) is 71.1 cm³/mol. The fraction of sp³-hybridized carbons (Fsp3) is 0. The van der Waals surface area contributed by atoms with Gasteiger partial charge in [-0.2, -0.15) is 0 Å². The number of fused-ring (bicyclic) bond motifs is 1. The minimum absolute atomic E-state index is 0.508. The first-order chi connectivity index (χ1) is 8.22. The van der Waals surface area contributed by atoms with E-state index in [1.807, 2.05) is 30.4 Å². The van der Waals surface area contributed by atoms with E-state index in [-0.39, 0.29) is 0 Å². The highest BCUT2D eigenvalue weighted by atomic mass is 15.2. The first-order valence-electron chi connectivity index (χ1n) is 5.35. The van der Waals surface area contributed by atoms with Crippen molar-refractivity contribution >= 4 is 22.8 Å². The van der Waals surface area contributed by atoms with Gasteiger partial charge in [0.1, 0.15) is 5.82 Å². The Bertz CT molecular complexity index is 575. The van der Waals surface area contributed by atoms with Crippen molar-refractivity contribution < 1.29 is 0 Å². The van der Waals surface area contributed by atoms with Crippen LogP contribution in [0.4, 0.5) is 17.1 Å². The van der Waals surface area contributed by atoms with Gasteiger partial charge in [-0.15, -0.1) is 0 Å². The molecule has 1 aliphatic carbocycles. The third-order valence-electron chi connectivity index (χ3n) is 2.74. The van der Waals surface area contributed by atoms with E-state index in [2.05, 4.69) is 10.6 Å². The smallest absolute Gasteiger partial charge is 0.115 e. The van der Waals surface area contributed by atoms with Crippen LogP contribution >= 0.6 is 0 Å². The van der Waals surface area contributed by atoms with Crippen LogP contribution in [0.15, 0.2) is 53.9 Å². The molecule has 5 N–H and O–H groups in total. The van der Waals surface area contributed by atoms with Crippen LogP contribution in [0.3, 0.4) is 0 Å². The van der Waals surface area contributed by atoms with E-state index in [9.17, 15) is 0 Å². The highest BCUT2D eigenvalue weighted by Gasteiger charge is 2.16. The lowest BCUT2D eigenvalue weighted by Gasteiger charge is -2.06. The summed E-state index contributed by atoms with van der Waals surface area (Å²) >= 11 is 0. The number of rotatable bonds is 0. The van der Waals surface area contributed by atoms with Gasteiger partial charge in [-0.05, 0) is 42.5 Å². The van der Waals surface area contributed by atoms with E-state index >= 15 is 0 Å². The Morgan fingerprint density at radius 1 is 0.941 bits per heavy atom. The summed E-state index contributed by atoms with van der Waals surface area (Å²) in [7, 11) is 0. The minimum Gasteiger partial charge on any atom is -0.399 e. The van der Waals surface area contributed by atoms with E-state index in [4.69, 9.17) is 11.1 Å². The maximum absolute atomic E-state index is 7.45. The fourth-order valence-electron chi connectivity index (χ4n) is 1.86. The van der Waals surface area contributed by atoms with Crippen molar-refractivity contribution in [1.29, 1.82) is 5.41 Å². The van der Waals surface area contributed by atoms with Crippen molar-refractivity contribution in [3.63, 3.8) is 0 Å². The van der Waals surface area contributed by atoms with Crippen LogP contribution in [-0.2, 0) is 0 Å². The number of hydrogen-bond donors (Lipinski definition) is 4. The van der Waals surface area contributed by atoms with E-state index < -0.39 is 0 Å². The topological polar surface area (TPSA) is 73.9 Å². The molecular formula is C13H12N4. The van der Waals surface area contributed by atoms with Crippen LogP contribution in [0.5, 0.6) is 0 Å². The number of nitrogen functional groups attached to an aromatic ring is 1. The maximum atomic E-state index is 7.45. The van der Waals surface area contributed by atoms with E-state index in [1.54, 1.807) is 12.2 Å². The highest BCUT2D eigenvalue weighted by Crippen LogP contribution is 2.33. The fourth-order valence-corrected chi connectivity index (χ4v) is 1.86. The van der Waals surface area contributed by atoms with Gasteiger partial charge in [0.05, 0.1) is 17.1 Å². The third-order valence-corrected chi connectivity index (χ3v) is 2.74. The average Bonchev–Trinajstić information content (AvgIpc) is 2.72. The molecule has 84 valence electrons. The average molecular weight is 224 g/mol. The number of nitrogens with two attached hydrogens (primary N) is 1. The number of nitrogens with one attached hydrogen (secondary N) is 3. The Hall–Kier alpha value is -2.49. The highest BCUT2D eigenvalue weighted by molar-refractivity contribution is 6.03. The monoisotopic (exact) mass is 224 g/mol. The minimum atomic E-state index is 0.508. The van der Waals surface area contributed by atoms with Crippen LogP contribution in [0.1, 0.15) is 0 Å². The lowest BCUT2D eigenvalue weighted by atomic mass is 10.1. The van der Waals surface area contributed by atoms with Gasteiger partial charge < -0.3 is 21.8 Å². The summed E-state index contributed by atoms with van der Waals surface area (Å²) in [4.78, 5) is 0. The van der Waals surface area contributed by atoms with Crippen molar-refractivity contribution in [2.45, 2.75) is 0 Å². The lowest BCUT2D eigenvalue weighted by Crippen LogP contribution is -2.04. The molecule has 0 bridgehead atoms. The van der Waals surface area contributed by atoms with Gasteiger partial charge >= 0.3 is 0 Å². The molecule has 4 nitrogen and oxygen atoms in total. The normalized spacial score (nSPS) is 16.8. The van der Waals surface area contributed by atoms with Crippen LogP contribution < -0.4 is 16.4 Å². The molecule has 0 spiro atoms. The standard InChI is InChI=1S/C13H12N4/c14-9-3-1-8(2-4-9)13-16-11-6-5-10(15)7-12(11)17-13/h1-7,14,16-17H,15H2. The van der Waals surface area contributed by atoms with Crippen LogP contribution in [0, 0.1) is 5.41 Å². The van der Waals surface area contributed by atoms with Gasteiger partial charge in [0.15, 0.2) is 0 Å². The molecule has 3 rings (SSSR count). The summed E-state index contributed by atoms with van der Waals surface area (Å²) in [6, 6.07) is 5.71. The molecule has 0 unspecified atom stereocenters. The molecular weight excluding hydrogens is 212 g/mol. The second-order valence-electron chi connectivity index (χ2n) is 4.01. The van der Waals surface area contributed by atoms with Crippen molar-refractivity contribution in [1.82, 2.24) is 0 Å². The van der Waals surface area contributed by atoms with E-state index in [1.165, 1.54) is 0 Å². The Labute approximate surface area is 99.0 Å². The summed E-state index contributed by atoms with van der Waals surface area (Å²) in [6.07, 6.45) is 7.35. The van der Waals surface area contributed by atoms with Crippen LogP contribution in [0.2, 0.25) is 0 Å². The molecule has 4 heteroatoms. The van der Waals surface area contributed by atoms with Gasteiger partial charge in [0, 0.05) is 11.3 Å². The predicted octanol–water partition coefficient (Wildman–Crippen LogP) is 2.46. The summed E-state index contributed by atoms with van der Waals surface area (Å²) in [5.74, 6) is 0.922. The van der Waals surface area contributed by atoms with Gasteiger partial charge in [0.25, 0.3) is 0 Å². The zero-order valence-electron chi connectivity index (χ0n) is 9.12. The van der Waals surface area contributed by atoms with Gasteiger partial charge in [-0.3, -0.25) is 0 Å². The van der Waals surface area contributed by atoms with E-state index in [0.29, 0.717) is 5.71 Å². The molecule has 1 aromatic rings. The molecule has 0 amide bonds. The largest absolute Gasteiger partial charge is 0.399 e. The Balaban J connectivity index is 1.96. The molecule has 1 heterocycles. The van der Waals surface area contributed by atoms with Gasteiger partial charge in [-0.25, -0.2) is 0 Å². The number of allylic oxidation sites excluding steroid dienone is 5.